The first kappa shape index (κ1) is 10.4. The molecule has 2 aromatic rings. The smallest absolute Gasteiger partial charge is 0.144 e. The van der Waals surface area contributed by atoms with E-state index in [0.29, 0.717) is 0 Å². The van der Waals surface area contributed by atoms with Crippen molar-refractivity contribution in [1.29, 1.82) is 0 Å². The molecule has 0 atom stereocenters. The number of para-hydroxylation sites is 2. The van der Waals surface area contributed by atoms with Gasteiger partial charge in [0.1, 0.15) is 11.4 Å². The van der Waals surface area contributed by atoms with Gasteiger partial charge in [-0.2, -0.15) is 5.10 Å². The maximum Gasteiger partial charge on any atom is 0.144 e. The fourth-order valence-electron chi connectivity index (χ4n) is 1.42. The Kier molecular flexibility index (Phi) is 3.00. The average Bonchev–Trinajstić information content (AvgIpc) is 2.83. The van der Waals surface area contributed by atoms with E-state index in [1.807, 2.05) is 37.3 Å². The number of benzene rings is 1. The van der Waals surface area contributed by atoms with E-state index in [4.69, 9.17) is 4.74 Å². The maximum absolute atomic E-state index is 5.23. The third-order valence-corrected chi connectivity index (χ3v) is 2.26. The number of H-pyrrole nitrogens is 1. The highest BCUT2D eigenvalue weighted by molar-refractivity contribution is 5.98. The Bertz CT molecular complexity index is 489. The van der Waals surface area contributed by atoms with Crippen molar-refractivity contribution in [3.8, 4) is 5.75 Å². The Hall–Kier alpha value is -2.10. The predicted octanol–water partition coefficient (Wildman–Crippen LogP) is 2.56. The SMILES string of the molecule is COc1ccccc1/N=C(\C)c1ccn[nH]1. The monoisotopic (exact) mass is 215 g/mol. The van der Waals surface area contributed by atoms with E-state index < -0.39 is 0 Å². The molecule has 0 aliphatic rings. The number of nitrogens with one attached hydrogen (secondary N) is 1. The molecule has 0 saturated carbocycles. The van der Waals surface area contributed by atoms with Crippen molar-refractivity contribution in [2.75, 3.05) is 7.11 Å². The highest BCUT2D eigenvalue weighted by Crippen LogP contribution is 2.26. The van der Waals surface area contributed by atoms with Crippen molar-refractivity contribution in [1.82, 2.24) is 10.2 Å². The fourth-order valence-corrected chi connectivity index (χ4v) is 1.42. The standard InChI is InChI=1S/C12H13N3O/c1-9(10-7-8-13-15-10)14-11-5-3-4-6-12(11)16-2/h3-8H,1-2H3,(H,13,15)/b14-9+. The third kappa shape index (κ3) is 2.11. The number of nitrogens with zero attached hydrogens (tertiary/aromatic N) is 2. The van der Waals surface area contributed by atoms with E-state index in [9.17, 15) is 0 Å². The number of aliphatic imine (C=N–C) groups is 1. The Morgan fingerprint density at radius 2 is 2.12 bits per heavy atom. The maximum atomic E-state index is 5.23. The van der Waals surface area contributed by atoms with Crippen LogP contribution in [0.15, 0.2) is 41.5 Å². The number of rotatable bonds is 3. The molecule has 4 nitrogen and oxygen atoms in total. The van der Waals surface area contributed by atoms with Crippen LogP contribution in [0.25, 0.3) is 0 Å². The lowest BCUT2D eigenvalue weighted by molar-refractivity contribution is 0.416. The van der Waals surface area contributed by atoms with Crippen LogP contribution in [0.1, 0.15) is 12.6 Å². The summed E-state index contributed by atoms with van der Waals surface area (Å²) in [4.78, 5) is 4.49. The molecule has 0 radical (unpaired) electrons. The van der Waals surface area contributed by atoms with Gasteiger partial charge in [0.15, 0.2) is 0 Å². The van der Waals surface area contributed by atoms with Gasteiger partial charge in [0.05, 0.1) is 18.5 Å². The van der Waals surface area contributed by atoms with E-state index >= 15 is 0 Å². The van der Waals surface area contributed by atoms with Gasteiger partial charge in [0.2, 0.25) is 0 Å². The minimum absolute atomic E-state index is 0.765. The molecule has 0 unspecified atom stereocenters. The van der Waals surface area contributed by atoms with Gasteiger partial charge >= 0.3 is 0 Å². The summed E-state index contributed by atoms with van der Waals surface area (Å²) in [6.45, 7) is 1.93. The Labute approximate surface area is 94.0 Å². The van der Waals surface area contributed by atoms with Crippen LogP contribution in [0.3, 0.4) is 0 Å². The summed E-state index contributed by atoms with van der Waals surface area (Å²) in [7, 11) is 1.64. The van der Waals surface area contributed by atoms with Crippen molar-refractivity contribution < 1.29 is 4.74 Å². The van der Waals surface area contributed by atoms with Gasteiger partial charge in [-0.3, -0.25) is 5.10 Å². The van der Waals surface area contributed by atoms with E-state index in [-0.39, 0.29) is 0 Å². The van der Waals surface area contributed by atoms with Crippen LogP contribution in [-0.2, 0) is 0 Å². The van der Waals surface area contributed by atoms with Crippen LogP contribution in [-0.4, -0.2) is 23.0 Å². The zero-order chi connectivity index (χ0) is 11.4. The summed E-state index contributed by atoms with van der Waals surface area (Å²) < 4.78 is 5.23. The number of aromatic nitrogens is 2. The van der Waals surface area contributed by atoms with Gasteiger partial charge in [-0.15, -0.1) is 0 Å². The minimum Gasteiger partial charge on any atom is -0.494 e. The molecule has 0 spiro atoms. The lowest BCUT2D eigenvalue weighted by Crippen LogP contribution is -1.94. The highest BCUT2D eigenvalue weighted by Gasteiger charge is 2.02. The van der Waals surface area contributed by atoms with Gasteiger partial charge in [0.25, 0.3) is 0 Å². The summed E-state index contributed by atoms with van der Waals surface area (Å²) in [6, 6.07) is 9.54. The molecule has 1 heterocycles. The first-order valence-corrected chi connectivity index (χ1v) is 4.99. The molecule has 1 aromatic heterocycles. The zero-order valence-electron chi connectivity index (χ0n) is 9.27. The van der Waals surface area contributed by atoms with Crippen LogP contribution in [0.4, 0.5) is 5.69 Å². The van der Waals surface area contributed by atoms with E-state index in [1.165, 1.54) is 0 Å². The second-order valence-corrected chi connectivity index (χ2v) is 3.34. The summed E-state index contributed by atoms with van der Waals surface area (Å²) in [5.41, 5.74) is 2.60. The molecular weight excluding hydrogens is 202 g/mol. The zero-order valence-corrected chi connectivity index (χ0v) is 9.27. The molecule has 16 heavy (non-hydrogen) atoms. The van der Waals surface area contributed by atoms with Gasteiger partial charge < -0.3 is 4.74 Å². The number of methoxy groups -OCH3 is 1. The topological polar surface area (TPSA) is 50.3 Å². The summed E-state index contributed by atoms with van der Waals surface area (Å²) in [5, 5.41) is 6.76. The molecule has 2 rings (SSSR count). The summed E-state index contributed by atoms with van der Waals surface area (Å²) >= 11 is 0. The highest BCUT2D eigenvalue weighted by atomic mass is 16.5. The summed E-state index contributed by atoms with van der Waals surface area (Å²) in [6.07, 6.45) is 1.70. The van der Waals surface area contributed by atoms with Gasteiger partial charge in [0, 0.05) is 6.20 Å². The molecule has 1 aromatic carbocycles. The predicted molar refractivity (Wildman–Crippen MR) is 63.5 cm³/mol. The second-order valence-electron chi connectivity index (χ2n) is 3.34. The molecular formula is C12H13N3O. The Balaban J connectivity index is 2.35. The first-order chi connectivity index (χ1) is 7.81. The molecule has 0 bridgehead atoms. The van der Waals surface area contributed by atoms with Crippen molar-refractivity contribution in [2.24, 2.45) is 4.99 Å². The van der Waals surface area contributed by atoms with E-state index in [2.05, 4.69) is 15.2 Å². The van der Waals surface area contributed by atoms with Crippen LogP contribution < -0.4 is 4.74 Å². The number of hydrogen-bond donors (Lipinski definition) is 1. The second kappa shape index (κ2) is 4.61. The first-order valence-electron chi connectivity index (χ1n) is 4.99. The van der Waals surface area contributed by atoms with Gasteiger partial charge in [-0.05, 0) is 25.1 Å². The van der Waals surface area contributed by atoms with Crippen LogP contribution in [0.2, 0.25) is 0 Å². The molecule has 0 amide bonds. The van der Waals surface area contributed by atoms with Crippen molar-refractivity contribution in [3.63, 3.8) is 0 Å². The normalized spacial score (nSPS) is 11.5. The quantitative estimate of drug-likeness (QED) is 0.800. The van der Waals surface area contributed by atoms with E-state index in [0.717, 1.165) is 22.8 Å². The van der Waals surface area contributed by atoms with Crippen LogP contribution in [0, 0.1) is 0 Å². The Morgan fingerprint density at radius 3 is 2.81 bits per heavy atom. The van der Waals surface area contributed by atoms with Gasteiger partial charge in [-0.1, -0.05) is 12.1 Å². The molecule has 1 N–H and O–H groups in total. The molecule has 0 fully saturated rings. The summed E-state index contributed by atoms with van der Waals surface area (Å²) in [5.74, 6) is 0.765. The van der Waals surface area contributed by atoms with Crippen molar-refractivity contribution in [2.45, 2.75) is 6.92 Å². The lowest BCUT2D eigenvalue weighted by atomic mass is 10.2. The minimum atomic E-state index is 0.765. The Morgan fingerprint density at radius 1 is 1.31 bits per heavy atom. The number of ether oxygens (including phenoxy) is 1. The molecule has 4 heteroatoms. The van der Waals surface area contributed by atoms with Crippen LogP contribution >= 0.6 is 0 Å². The third-order valence-electron chi connectivity index (χ3n) is 2.26. The lowest BCUT2D eigenvalue weighted by Gasteiger charge is -2.04. The molecule has 0 aliphatic carbocycles. The molecule has 82 valence electrons. The largest absolute Gasteiger partial charge is 0.494 e. The average molecular weight is 215 g/mol. The molecule has 0 saturated heterocycles. The van der Waals surface area contributed by atoms with E-state index in [1.54, 1.807) is 13.3 Å². The van der Waals surface area contributed by atoms with Crippen molar-refractivity contribution >= 4 is 11.4 Å². The fraction of sp³-hybridized carbons (Fsp3) is 0.167. The molecule has 0 aliphatic heterocycles. The number of hydrogen-bond acceptors (Lipinski definition) is 3. The van der Waals surface area contributed by atoms with Crippen LogP contribution in [0.5, 0.6) is 5.75 Å². The van der Waals surface area contributed by atoms with Gasteiger partial charge in [-0.25, -0.2) is 4.99 Å². The van der Waals surface area contributed by atoms with Crippen molar-refractivity contribution in [3.05, 3.63) is 42.2 Å². The number of aromatic amines is 1.